The fourth-order valence-electron chi connectivity index (χ4n) is 2.40. The van der Waals surface area contributed by atoms with Crippen LogP contribution in [-0.4, -0.2) is 5.78 Å². The Labute approximate surface area is 95.6 Å². The third-order valence-corrected chi connectivity index (χ3v) is 3.52. The summed E-state index contributed by atoms with van der Waals surface area (Å²) in [7, 11) is 0. The molecule has 1 saturated carbocycles. The average Bonchev–Trinajstić information content (AvgIpc) is 2.31. The Bertz CT molecular complexity index is 164. The summed E-state index contributed by atoms with van der Waals surface area (Å²) < 4.78 is 0. The second kappa shape index (κ2) is 7.90. The highest BCUT2D eigenvalue weighted by Gasteiger charge is 2.26. The zero-order valence-corrected chi connectivity index (χ0v) is 11.2. The molecule has 1 rings (SSSR count). The normalized spacial score (nSPS) is 25.7. The van der Waals surface area contributed by atoms with Gasteiger partial charge in [-0.05, 0) is 37.5 Å². The fourth-order valence-corrected chi connectivity index (χ4v) is 2.40. The van der Waals surface area contributed by atoms with Crippen molar-refractivity contribution in [2.24, 2.45) is 17.8 Å². The quantitative estimate of drug-likeness (QED) is 0.675. The van der Waals surface area contributed by atoms with E-state index in [9.17, 15) is 4.79 Å². The Kier molecular flexibility index (Phi) is 7.72. The van der Waals surface area contributed by atoms with Crippen LogP contribution in [0.1, 0.15) is 66.7 Å². The van der Waals surface area contributed by atoms with E-state index in [1.807, 2.05) is 20.8 Å². The summed E-state index contributed by atoms with van der Waals surface area (Å²) in [5.74, 6) is 2.57. The van der Waals surface area contributed by atoms with Crippen LogP contribution in [0.4, 0.5) is 0 Å². The number of rotatable bonds is 3. The molecule has 1 heteroatoms. The molecule has 0 aliphatic heterocycles. The predicted octanol–water partition coefficient (Wildman–Crippen LogP) is 4.45. The molecular formula is C14H28O. The molecule has 0 radical (unpaired) electrons. The van der Waals surface area contributed by atoms with Gasteiger partial charge in [-0.15, -0.1) is 0 Å². The van der Waals surface area contributed by atoms with E-state index in [0.717, 1.165) is 31.1 Å². The van der Waals surface area contributed by atoms with E-state index in [1.54, 1.807) is 0 Å². The largest absolute Gasteiger partial charge is 0.299 e. The second-order valence-electron chi connectivity index (χ2n) is 4.68. The summed E-state index contributed by atoms with van der Waals surface area (Å²) in [6, 6.07) is 0. The Morgan fingerprint density at radius 3 is 1.93 bits per heavy atom. The lowest BCUT2D eigenvalue weighted by molar-refractivity contribution is -0.123. The summed E-state index contributed by atoms with van der Waals surface area (Å²) in [6.07, 6.45) is 5.57. The lowest BCUT2D eigenvalue weighted by Crippen LogP contribution is -2.23. The Hall–Kier alpha value is -0.330. The minimum Gasteiger partial charge on any atom is -0.299 e. The van der Waals surface area contributed by atoms with Crippen molar-refractivity contribution in [3.8, 4) is 0 Å². The van der Waals surface area contributed by atoms with Gasteiger partial charge in [-0.2, -0.15) is 0 Å². The van der Waals surface area contributed by atoms with Crippen molar-refractivity contribution in [1.29, 1.82) is 0 Å². The van der Waals surface area contributed by atoms with Crippen molar-refractivity contribution in [3.05, 3.63) is 0 Å². The van der Waals surface area contributed by atoms with Gasteiger partial charge in [0.05, 0.1) is 0 Å². The number of hydrogen-bond acceptors (Lipinski definition) is 1. The molecule has 1 nitrogen and oxygen atoms in total. The van der Waals surface area contributed by atoms with Crippen LogP contribution in [0.2, 0.25) is 0 Å². The third-order valence-electron chi connectivity index (χ3n) is 3.52. The van der Waals surface area contributed by atoms with Crippen molar-refractivity contribution in [3.63, 3.8) is 0 Å². The predicted molar refractivity (Wildman–Crippen MR) is 66.9 cm³/mol. The number of Topliss-reactive ketones (excluding diaryl/α,β-unsaturated/α-hetero) is 1. The Morgan fingerprint density at radius 1 is 1.13 bits per heavy atom. The molecule has 0 saturated heterocycles. The molecule has 1 fully saturated rings. The number of carbonyl (C=O) groups excluding carboxylic acids is 1. The molecular weight excluding hydrogens is 184 g/mol. The van der Waals surface area contributed by atoms with Crippen LogP contribution in [0.25, 0.3) is 0 Å². The van der Waals surface area contributed by atoms with Crippen LogP contribution in [0.15, 0.2) is 0 Å². The Morgan fingerprint density at radius 2 is 1.60 bits per heavy atom. The maximum Gasteiger partial charge on any atom is 0.135 e. The minimum atomic E-state index is 0.403. The van der Waals surface area contributed by atoms with Crippen LogP contribution in [0.5, 0.6) is 0 Å². The molecule has 0 aromatic rings. The van der Waals surface area contributed by atoms with Gasteiger partial charge in [0.2, 0.25) is 0 Å². The molecule has 1 aliphatic rings. The topological polar surface area (TPSA) is 17.1 Å². The van der Waals surface area contributed by atoms with Gasteiger partial charge in [-0.25, -0.2) is 0 Å². The molecule has 0 heterocycles. The Balaban J connectivity index is 0.000000921. The zero-order valence-electron chi connectivity index (χ0n) is 11.2. The van der Waals surface area contributed by atoms with Gasteiger partial charge in [-0.3, -0.25) is 4.79 Å². The van der Waals surface area contributed by atoms with Crippen molar-refractivity contribution in [2.45, 2.75) is 66.7 Å². The van der Waals surface area contributed by atoms with Gasteiger partial charge in [-0.1, -0.05) is 34.6 Å². The summed E-state index contributed by atoms with van der Waals surface area (Å²) in [4.78, 5) is 11.4. The molecule has 15 heavy (non-hydrogen) atoms. The summed E-state index contributed by atoms with van der Waals surface area (Å²) in [5.41, 5.74) is 0. The van der Waals surface area contributed by atoms with E-state index in [0.29, 0.717) is 11.7 Å². The lowest BCUT2D eigenvalue weighted by atomic mass is 9.75. The molecule has 0 unspecified atom stereocenters. The van der Waals surface area contributed by atoms with Crippen LogP contribution < -0.4 is 0 Å². The first-order chi connectivity index (χ1) is 7.15. The molecule has 0 spiro atoms. The molecule has 0 aromatic heterocycles. The van der Waals surface area contributed by atoms with Gasteiger partial charge < -0.3 is 0 Å². The monoisotopic (exact) mass is 212 g/mol. The van der Waals surface area contributed by atoms with Crippen LogP contribution in [-0.2, 0) is 4.79 Å². The molecule has 0 amide bonds. The van der Waals surface area contributed by atoms with Crippen molar-refractivity contribution in [1.82, 2.24) is 0 Å². The molecule has 90 valence electrons. The second-order valence-corrected chi connectivity index (χ2v) is 4.68. The molecule has 0 aromatic carbocycles. The van der Waals surface area contributed by atoms with E-state index in [4.69, 9.17) is 0 Å². The van der Waals surface area contributed by atoms with E-state index in [-0.39, 0.29) is 0 Å². The van der Waals surface area contributed by atoms with E-state index in [2.05, 4.69) is 13.8 Å². The van der Waals surface area contributed by atoms with Crippen LogP contribution in [0, 0.1) is 17.8 Å². The van der Waals surface area contributed by atoms with Crippen molar-refractivity contribution in [2.75, 3.05) is 0 Å². The van der Waals surface area contributed by atoms with Gasteiger partial charge in [0.15, 0.2) is 0 Å². The van der Waals surface area contributed by atoms with Gasteiger partial charge >= 0.3 is 0 Å². The molecule has 1 aliphatic carbocycles. The molecule has 0 bridgehead atoms. The third kappa shape index (κ3) is 4.81. The first kappa shape index (κ1) is 14.7. The highest BCUT2D eigenvalue weighted by atomic mass is 16.1. The maximum atomic E-state index is 11.4. The summed E-state index contributed by atoms with van der Waals surface area (Å²) in [6.45, 7) is 10.6. The number of carbonyl (C=O) groups is 1. The standard InChI is InChI=1S/C12H22O.C2H6/c1-4-12(13)11-7-5-10(6-8-11)9(2)3;1-2/h9-11H,4-8H2,1-3H3;1-2H3. The smallest absolute Gasteiger partial charge is 0.135 e. The first-order valence-corrected chi connectivity index (χ1v) is 6.67. The summed E-state index contributed by atoms with van der Waals surface area (Å²) in [5, 5.41) is 0. The lowest BCUT2D eigenvalue weighted by Gasteiger charge is -2.29. The number of ketones is 1. The maximum absolute atomic E-state index is 11.4. The van der Waals surface area contributed by atoms with Crippen molar-refractivity contribution >= 4 is 5.78 Å². The summed E-state index contributed by atoms with van der Waals surface area (Å²) >= 11 is 0. The van der Waals surface area contributed by atoms with Gasteiger partial charge in [0, 0.05) is 12.3 Å². The van der Waals surface area contributed by atoms with Gasteiger partial charge in [0.25, 0.3) is 0 Å². The number of hydrogen-bond donors (Lipinski definition) is 0. The van der Waals surface area contributed by atoms with Gasteiger partial charge in [0.1, 0.15) is 5.78 Å². The minimum absolute atomic E-state index is 0.403. The first-order valence-electron chi connectivity index (χ1n) is 6.67. The van der Waals surface area contributed by atoms with Crippen LogP contribution in [0.3, 0.4) is 0 Å². The zero-order chi connectivity index (χ0) is 11.8. The van der Waals surface area contributed by atoms with E-state index < -0.39 is 0 Å². The van der Waals surface area contributed by atoms with E-state index >= 15 is 0 Å². The van der Waals surface area contributed by atoms with Crippen LogP contribution >= 0.6 is 0 Å². The molecule has 0 atom stereocenters. The highest BCUT2D eigenvalue weighted by molar-refractivity contribution is 5.80. The van der Waals surface area contributed by atoms with Crippen molar-refractivity contribution < 1.29 is 4.79 Å². The average molecular weight is 212 g/mol. The highest BCUT2D eigenvalue weighted by Crippen LogP contribution is 2.33. The van der Waals surface area contributed by atoms with E-state index in [1.165, 1.54) is 12.8 Å². The fraction of sp³-hybridized carbons (Fsp3) is 0.929. The SMILES string of the molecule is CC.CCC(=O)C1CCC(C(C)C)CC1. The molecule has 0 N–H and O–H groups in total.